The summed E-state index contributed by atoms with van der Waals surface area (Å²) in [6.07, 6.45) is 2.29. The van der Waals surface area contributed by atoms with Crippen molar-refractivity contribution in [2.45, 2.75) is 13.3 Å². The number of nitrogens with zero attached hydrogens (tertiary/aromatic N) is 1. The molecule has 0 amide bonds. The number of para-hydroxylation sites is 1. The molecule has 22 heavy (non-hydrogen) atoms. The van der Waals surface area contributed by atoms with E-state index >= 15 is 0 Å². The number of rotatable bonds is 6. The molecule has 1 N–H and O–H groups in total. The molecular formula is C16H18N2O3S. The highest BCUT2D eigenvalue weighted by Crippen LogP contribution is 2.22. The van der Waals surface area contributed by atoms with Crippen LogP contribution < -0.4 is 9.46 Å². The second-order valence-corrected chi connectivity index (χ2v) is 6.54. The van der Waals surface area contributed by atoms with Crippen molar-refractivity contribution in [2.24, 2.45) is 0 Å². The minimum Gasteiger partial charge on any atom is -0.479 e. The Hall–Kier alpha value is -2.10. The largest absolute Gasteiger partial charge is 0.479 e. The molecule has 0 aliphatic heterocycles. The summed E-state index contributed by atoms with van der Waals surface area (Å²) < 4.78 is 30.8. The summed E-state index contributed by atoms with van der Waals surface area (Å²) in [6.45, 7) is 2.10. The number of nitrogens with one attached hydrogen (secondary N) is 1. The Morgan fingerprint density at radius 1 is 1.23 bits per heavy atom. The smallest absolute Gasteiger partial charge is 0.212 e. The summed E-state index contributed by atoms with van der Waals surface area (Å²) in [5.74, 6) is 6.30. The van der Waals surface area contributed by atoms with Crippen molar-refractivity contribution in [3.8, 4) is 17.6 Å². The summed E-state index contributed by atoms with van der Waals surface area (Å²) in [6, 6.07) is 9.52. The highest BCUT2D eigenvalue weighted by Gasteiger charge is 2.05. The summed E-state index contributed by atoms with van der Waals surface area (Å²) in [5.41, 5.74) is 0.787. The van der Waals surface area contributed by atoms with Gasteiger partial charge in [-0.25, -0.2) is 13.1 Å². The number of hydrogen-bond acceptors (Lipinski definition) is 4. The first-order chi connectivity index (χ1) is 10.6. The molecule has 0 unspecified atom stereocenters. The van der Waals surface area contributed by atoms with Crippen LogP contribution in [0, 0.1) is 11.8 Å². The second kappa shape index (κ2) is 7.78. The summed E-state index contributed by atoms with van der Waals surface area (Å²) in [4.78, 5) is 4.28. The fourth-order valence-corrected chi connectivity index (χ4v) is 2.88. The van der Waals surface area contributed by atoms with Gasteiger partial charge in [0.15, 0.2) is 0 Å². The average molecular weight is 318 g/mol. The van der Waals surface area contributed by atoms with E-state index in [0.717, 1.165) is 10.9 Å². The van der Waals surface area contributed by atoms with Gasteiger partial charge in [-0.3, -0.25) is 4.98 Å². The fourth-order valence-electron chi connectivity index (χ4n) is 1.91. The van der Waals surface area contributed by atoms with Crippen molar-refractivity contribution in [2.75, 3.05) is 18.9 Å². The minimum atomic E-state index is -3.20. The molecule has 1 heterocycles. The third kappa shape index (κ3) is 4.72. The third-order valence-corrected chi connectivity index (χ3v) is 4.40. The van der Waals surface area contributed by atoms with E-state index in [0.29, 0.717) is 12.2 Å². The maximum absolute atomic E-state index is 11.4. The van der Waals surface area contributed by atoms with Gasteiger partial charge in [-0.1, -0.05) is 37.0 Å². The molecule has 0 saturated heterocycles. The van der Waals surface area contributed by atoms with Crippen LogP contribution in [-0.2, 0) is 10.0 Å². The van der Waals surface area contributed by atoms with Crippen LogP contribution in [0.4, 0.5) is 0 Å². The minimum absolute atomic E-state index is 0.0967. The highest BCUT2D eigenvalue weighted by atomic mass is 32.2. The van der Waals surface area contributed by atoms with Crippen molar-refractivity contribution in [1.82, 2.24) is 9.71 Å². The number of aromatic nitrogens is 1. The van der Waals surface area contributed by atoms with Crippen LogP contribution in [-0.4, -0.2) is 32.3 Å². The normalized spacial score (nSPS) is 11.0. The number of hydrogen-bond donors (Lipinski definition) is 1. The third-order valence-electron chi connectivity index (χ3n) is 2.87. The molecule has 0 spiro atoms. The van der Waals surface area contributed by atoms with Crippen LogP contribution in [0.3, 0.4) is 0 Å². The molecule has 0 atom stereocenters. The molecule has 0 bridgehead atoms. The van der Waals surface area contributed by atoms with E-state index in [1.807, 2.05) is 37.3 Å². The number of pyridine rings is 1. The Labute approximate surface area is 130 Å². The first kappa shape index (κ1) is 16.3. The van der Waals surface area contributed by atoms with E-state index in [9.17, 15) is 8.42 Å². The highest BCUT2D eigenvalue weighted by molar-refractivity contribution is 7.89. The van der Waals surface area contributed by atoms with Gasteiger partial charge in [0.2, 0.25) is 10.0 Å². The predicted molar refractivity (Wildman–Crippen MR) is 87.1 cm³/mol. The van der Waals surface area contributed by atoms with Gasteiger partial charge in [0.1, 0.15) is 17.9 Å². The number of sulfonamides is 1. The molecule has 0 saturated carbocycles. The lowest BCUT2D eigenvalue weighted by Crippen LogP contribution is -2.26. The zero-order chi connectivity index (χ0) is 15.8. The van der Waals surface area contributed by atoms with Gasteiger partial charge >= 0.3 is 0 Å². The van der Waals surface area contributed by atoms with E-state index in [-0.39, 0.29) is 18.9 Å². The summed E-state index contributed by atoms with van der Waals surface area (Å²) in [5, 5.41) is 1.00. The molecule has 116 valence electrons. The average Bonchev–Trinajstić information content (AvgIpc) is 2.50. The molecule has 2 aromatic rings. The van der Waals surface area contributed by atoms with Crippen LogP contribution in [0.15, 0.2) is 36.5 Å². The van der Waals surface area contributed by atoms with E-state index < -0.39 is 10.0 Å². The molecule has 0 radical (unpaired) electrons. The Balaban J connectivity index is 1.88. The molecule has 2 rings (SSSR count). The number of fused-ring (bicyclic) bond motifs is 1. The second-order valence-electron chi connectivity index (χ2n) is 4.61. The fraction of sp³-hybridized carbons (Fsp3) is 0.312. The van der Waals surface area contributed by atoms with Crippen LogP contribution in [0.25, 0.3) is 10.9 Å². The number of ether oxygens (including phenoxy) is 1. The predicted octanol–water partition coefficient (Wildman–Crippen LogP) is 1.95. The standard InChI is InChI=1S/C16H18N2O3S/c1-2-13-22(19,20)18-11-3-4-12-21-15-9-5-7-14-8-6-10-17-16(14)15/h5-10,18H,2,11-13H2,1H3. The van der Waals surface area contributed by atoms with E-state index in [4.69, 9.17) is 4.74 Å². The molecule has 0 aliphatic rings. The van der Waals surface area contributed by atoms with Gasteiger partial charge < -0.3 is 4.74 Å². The maximum atomic E-state index is 11.4. The zero-order valence-electron chi connectivity index (χ0n) is 12.4. The Morgan fingerprint density at radius 3 is 2.86 bits per heavy atom. The summed E-state index contributed by atoms with van der Waals surface area (Å²) in [7, 11) is -3.20. The van der Waals surface area contributed by atoms with Crippen molar-refractivity contribution < 1.29 is 13.2 Å². The Bertz CT molecular complexity index is 786. The van der Waals surface area contributed by atoms with Crippen molar-refractivity contribution >= 4 is 20.9 Å². The number of benzene rings is 1. The van der Waals surface area contributed by atoms with Crippen LogP contribution in [0.5, 0.6) is 5.75 Å². The quantitative estimate of drug-likeness (QED) is 0.827. The van der Waals surface area contributed by atoms with Gasteiger partial charge in [0.25, 0.3) is 0 Å². The van der Waals surface area contributed by atoms with E-state index in [2.05, 4.69) is 21.5 Å². The lowest BCUT2D eigenvalue weighted by molar-refractivity contribution is 0.374. The van der Waals surface area contributed by atoms with Crippen LogP contribution in [0.1, 0.15) is 13.3 Å². The SMILES string of the molecule is CCCS(=O)(=O)NCC#CCOc1cccc2cccnc12. The molecule has 1 aromatic carbocycles. The monoisotopic (exact) mass is 318 g/mol. The van der Waals surface area contributed by atoms with Gasteiger partial charge in [0, 0.05) is 11.6 Å². The van der Waals surface area contributed by atoms with Crippen LogP contribution >= 0.6 is 0 Å². The molecular weight excluding hydrogens is 300 g/mol. The van der Waals surface area contributed by atoms with Crippen LogP contribution in [0.2, 0.25) is 0 Å². The van der Waals surface area contributed by atoms with Gasteiger partial charge in [0.05, 0.1) is 12.3 Å². The van der Waals surface area contributed by atoms with Crippen molar-refractivity contribution in [1.29, 1.82) is 0 Å². The zero-order valence-corrected chi connectivity index (χ0v) is 13.2. The molecule has 5 nitrogen and oxygen atoms in total. The first-order valence-electron chi connectivity index (χ1n) is 7.02. The lowest BCUT2D eigenvalue weighted by Gasteiger charge is -2.05. The van der Waals surface area contributed by atoms with Crippen molar-refractivity contribution in [3.05, 3.63) is 36.5 Å². The van der Waals surface area contributed by atoms with Crippen molar-refractivity contribution in [3.63, 3.8) is 0 Å². The maximum Gasteiger partial charge on any atom is 0.212 e. The first-order valence-corrected chi connectivity index (χ1v) is 8.67. The van der Waals surface area contributed by atoms with Gasteiger partial charge in [-0.05, 0) is 18.6 Å². The Kier molecular flexibility index (Phi) is 5.75. The molecule has 6 heteroatoms. The van der Waals surface area contributed by atoms with E-state index in [1.165, 1.54) is 0 Å². The van der Waals surface area contributed by atoms with E-state index in [1.54, 1.807) is 6.20 Å². The molecule has 0 fully saturated rings. The lowest BCUT2D eigenvalue weighted by atomic mass is 10.2. The Morgan fingerprint density at radius 2 is 2.05 bits per heavy atom. The summed E-state index contributed by atoms with van der Waals surface area (Å²) >= 11 is 0. The van der Waals surface area contributed by atoms with Gasteiger partial charge in [-0.2, -0.15) is 0 Å². The molecule has 1 aromatic heterocycles. The van der Waals surface area contributed by atoms with Gasteiger partial charge in [-0.15, -0.1) is 0 Å². The molecule has 0 aliphatic carbocycles. The topological polar surface area (TPSA) is 68.3 Å².